The number of nitrogens with two attached hydrogens (primary N) is 1. The number of nitrogens with zero attached hydrogens (tertiary/aromatic N) is 2. The maximum Gasteiger partial charge on any atom is 0.223 e. The van der Waals surface area contributed by atoms with Crippen molar-refractivity contribution in [3.05, 3.63) is 59.9 Å². The lowest BCUT2D eigenvalue weighted by Crippen LogP contribution is -2.05. The maximum absolute atomic E-state index is 5.97. The number of para-hydroxylation sites is 1. The first kappa shape index (κ1) is 13.5. The number of benzene rings is 1. The largest absolute Gasteiger partial charge is 0.437 e. The van der Waals surface area contributed by atoms with E-state index < -0.39 is 0 Å². The molecule has 0 aliphatic carbocycles. The van der Waals surface area contributed by atoms with E-state index in [0.717, 1.165) is 34.3 Å². The molecule has 2 aromatic heterocycles. The van der Waals surface area contributed by atoms with Crippen molar-refractivity contribution >= 4 is 10.9 Å². The molecule has 0 saturated heterocycles. The monoisotopic (exact) mass is 279 g/mol. The number of fused-ring (bicyclic) bond motifs is 1. The number of ether oxygens (including phenoxy) is 1. The first-order valence-corrected chi connectivity index (χ1v) is 6.96. The highest BCUT2D eigenvalue weighted by Crippen LogP contribution is 2.28. The van der Waals surface area contributed by atoms with Crippen LogP contribution in [0.4, 0.5) is 0 Å². The summed E-state index contributed by atoms with van der Waals surface area (Å²) in [6.45, 7) is 2.47. The van der Waals surface area contributed by atoms with Crippen molar-refractivity contribution in [2.75, 3.05) is 6.54 Å². The Labute approximate surface area is 123 Å². The second kappa shape index (κ2) is 5.89. The van der Waals surface area contributed by atoms with E-state index in [4.69, 9.17) is 10.5 Å². The van der Waals surface area contributed by atoms with Gasteiger partial charge in [-0.15, -0.1) is 0 Å². The molecule has 0 aliphatic heterocycles. The van der Waals surface area contributed by atoms with E-state index in [9.17, 15) is 0 Å². The third-order valence-corrected chi connectivity index (χ3v) is 3.34. The second-order valence-corrected chi connectivity index (χ2v) is 4.87. The van der Waals surface area contributed by atoms with E-state index in [-0.39, 0.29) is 0 Å². The minimum absolute atomic E-state index is 0.558. The van der Waals surface area contributed by atoms with Crippen LogP contribution in [0.25, 0.3) is 10.9 Å². The third-order valence-electron chi connectivity index (χ3n) is 3.34. The molecule has 0 spiro atoms. The molecule has 4 heteroatoms. The van der Waals surface area contributed by atoms with Crippen LogP contribution in [0.5, 0.6) is 11.6 Å². The average molecular weight is 279 g/mol. The highest BCUT2D eigenvalue weighted by Gasteiger charge is 2.10. The fourth-order valence-electron chi connectivity index (χ4n) is 2.25. The molecule has 2 N–H and O–H groups in total. The van der Waals surface area contributed by atoms with E-state index >= 15 is 0 Å². The lowest BCUT2D eigenvalue weighted by molar-refractivity contribution is 0.452. The van der Waals surface area contributed by atoms with E-state index in [2.05, 4.69) is 16.0 Å². The summed E-state index contributed by atoms with van der Waals surface area (Å²) in [5.41, 5.74) is 8.47. The van der Waals surface area contributed by atoms with Crippen LogP contribution >= 0.6 is 0 Å². The van der Waals surface area contributed by atoms with Gasteiger partial charge < -0.3 is 10.5 Å². The average Bonchev–Trinajstić information content (AvgIpc) is 2.50. The van der Waals surface area contributed by atoms with Gasteiger partial charge in [-0.05, 0) is 44.2 Å². The molecule has 2 heterocycles. The first-order valence-electron chi connectivity index (χ1n) is 6.96. The number of pyridine rings is 2. The van der Waals surface area contributed by atoms with E-state index in [0.29, 0.717) is 12.4 Å². The van der Waals surface area contributed by atoms with E-state index in [1.807, 2.05) is 43.3 Å². The molecule has 0 unspecified atom stereocenters. The molecule has 0 radical (unpaired) electrons. The first-order chi connectivity index (χ1) is 10.3. The van der Waals surface area contributed by atoms with Crippen LogP contribution in [0.3, 0.4) is 0 Å². The molecule has 0 aliphatic rings. The smallest absolute Gasteiger partial charge is 0.223 e. The zero-order valence-electron chi connectivity index (χ0n) is 11.9. The molecule has 0 fully saturated rings. The fraction of sp³-hybridized carbons (Fsp3) is 0.176. The lowest BCUT2D eigenvalue weighted by atomic mass is 10.1. The third kappa shape index (κ3) is 2.85. The van der Waals surface area contributed by atoms with Gasteiger partial charge in [0.05, 0.1) is 11.2 Å². The topological polar surface area (TPSA) is 61.0 Å². The second-order valence-electron chi connectivity index (χ2n) is 4.87. The zero-order valence-corrected chi connectivity index (χ0v) is 11.9. The molecule has 3 aromatic rings. The molecular weight excluding hydrogens is 262 g/mol. The minimum atomic E-state index is 0.558. The Morgan fingerprint density at radius 1 is 1.14 bits per heavy atom. The number of hydrogen-bond acceptors (Lipinski definition) is 4. The summed E-state index contributed by atoms with van der Waals surface area (Å²) in [6.07, 6.45) is 2.48. The van der Waals surface area contributed by atoms with Gasteiger partial charge in [0, 0.05) is 17.1 Å². The zero-order chi connectivity index (χ0) is 14.7. The lowest BCUT2D eigenvalue weighted by Gasteiger charge is -2.12. The molecule has 0 saturated carbocycles. The fourth-order valence-corrected chi connectivity index (χ4v) is 2.25. The van der Waals surface area contributed by atoms with Crippen LogP contribution in [0, 0.1) is 6.92 Å². The Morgan fingerprint density at radius 3 is 2.81 bits per heavy atom. The maximum atomic E-state index is 5.97. The van der Waals surface area contributed by atoms with Crippen molar-refractivity contribution in [1.29, 1.82) is 0 Å². The van der Waals surface area contributed by atoms with Crippen molar-refractivity contribution in [2.24, 2.45) is 5.73 Å². The number of aryl methyl sites for hydroxylation is 1. The highest BCUT2D eigenvalue weighted by molar-refractivity contribution is 5.80. The molecule has 0 amide bonds. The van der Waals surface area contributed by atoms with Gasteiger partial charge in [0.15, 0.2) is 5.75 Å². The van der Waals surface area contributed by atoms with Crippen LogP contribution in [-0.2, 0) is 6.42 Å². The predicted octanol–water partition coefficient (Wildman–Crippen LogP) is 3.23. The standard InChI is InChI=1S/C17H17N3O/c1-12-16(7-4-10-19-12)21-17-14(8-9-18)11-13-5-2-3-6-15(13)20-17/h2-7,10-11H,8-9,18H2,1H3. The van der Waals surface area contributed by atoms with Crippen molar-refractivity contribution in [3.8, 4) is 11.6 Å². The summed E-state index contributed by atoms with van der Waals surface area (Å²) in [5.74, 6) is 1.33. The summed E-state index contributed by atoms with van der Waals surface area (Å²) < 4.78 is 5.97. The molecule has 21 heavy (non-hydrogen) atoms. The van der Waals surface area contributed by atoms with Crippen LogP contribution < -0.4 is 10.5 Å². The van der Waals surface area contributed by atoms with Gasteiger partial charge in [-0.3, -0.25) is 4.98 Å². The van der Waals surface area contributed by atoms with Gasteiger partial charge in [-0.25, -0.2) is 4.98 Å². The number of hydrogen-bond donors (Lipinski definition) is 1. The minimum Gasteiger partial charge on any atom is -0.437 e. The molecule has 4 nitrogen and oxygen atoms in total. The molecule has 0 atom stereocenters. The van der Waals surface area contributed by atoms with Crippen LogP contribution in [0.1, 0.15) is 11.3 Å². The van der Waals surface area contributed by atoms with Gasteiger partial charge in [0.1, 0.15) is 0 Å². The van der Waals surface area contributed by atoms with Crippen molar-refractivity contribution in [3.63, 3.8) is 0 Å². The predicted molar refractivity (Wildman–Crippen MR) is 83.5 cm³/mol. The Balaban J connectivity index is 2.07. The summed E-state index contributed by atoms with van der Waals surface area (Å²) in [7, 11) is 0. The van der Waals surface area contributed by atoms with Crippen molar-refractivity contribution in [2.45, 2.75) is 13.3 Å². The Kier molecular flexibility index (Phi) is 3.79. The van der Waals surface area contributed by atoms with Crippen molar-refractivity contribution < 1.29 is 4.74 Å². The molecular formula is C17H17N3O. The van der Waals surface area contributed by atoms with Gasteiger partial charge in [0.25, 0.3) is 0 Å². The quantitative estimate of drug-likeness (QED) is 0.796. The summed E-state index contributed by atoms with van der Waals surface area (Å²) in [5, 5.41) is 1.09. The van der Waals surface area contributed by atoms with Gasteiger partial charge >= 0.3 is 0 Å². The summed E-state index contributed by atoms with van der Waals surface area (Å²) >= 11 is 0. The normalized spacial score (nSPS) is 10.8. The summed E-state index contributed by atoms with van der Waals surface area (Å²) in [4.78, 5) is 8.86. The molecule has 3 rings (SSSR count). The molecule has 0 bridgehead atoms. The Morgan fingerprint density at radius 2 is 2.00 bits per heavy atom. The van der Waals surface area contributed by atoms with Crippen LogP contribution in [0.2, 0.25) is 0 Å². The number of aromatic nitrogens is 2. The SMILES string of the molecule is Cc1ncccc1Oc1nc2ccccc2cc1CCN. The molecule has 1 aromatic carbocycles. The van der Waals surface area contributed by atoms with Gasteiger partial charge in [-0.2, -0.15) is 0 Å². The van der Waals surface area contributed by atoms with Gasteiger partial charge in [0.2, 0.25) is 5.88 Å². The van der Waals surface area contributed by atoms with Crippen molar-refractivity contribution in [1.82, 2.24) is 9.97 Å². The molecule has 106 valence electrons. The number of rotatable bonds is 4. The van der Waals surface area contributed by atoms with Crippen LogP contribution in [-0.4, -0.2) is 16.5 Å². The Bertz CT molecular complexity index is 771. The highest BCUT2D eigenvalue weighted by atomic mass is 16.5. The van der Waals surface area contributed by atoms with E-state index in [1.165, 1.54) is 0 Å². The van der Waals surface area contributed by atoms with Gasteiger partial charge in [-0.1, -0.05) is 18.2 Å². The Hall–Kier alpha value is -2.46. The van der Waals surface area contributed by atoms with Crippen LogP contribution in [0.15, 0.2) is 48.7 Å². The van der Waals surface area contributed by atoms with E-state index in [1.54, 1.807) is 6.20 Å². The summed E-state index contributed by atoms with van der Waals surface area (Å²) in [6, 6.07) is 13.8.